The van der Waals surface area contributed by atoms with Gasteiger partial charge in [0.05, 0.1) is 28.1 Å². The number of aromatic nitrogens is 2. The van der Waals surface area contributed by atoms with Crippen molar-refractivity contribution >= 4 is 40.1 Å². The highest BCUT2D eigenvalue weighted by Gasteiger charge is 2.18. The van der Waals surface area contributed by atoms with E-state index in [4.69, 9.17) is 21.3 Å². The van der Waals surface area contributed by atoms with Crippen molar-refractivity contribution in [2.45, 2.75) is 33.6 Å². The van der Waals surface area contributed by atoms with Gasteiger partial charge in [0.1, 0.15) is 5.75 Å². The number of benzene rings is 2. The number of fused-ring (bicyclic) bond motifs is 1. The first-order valence-electron chi connectivity index (χ1n) is 10.5. The maximum Gasteiger partial charge on any atom is 0.282 e. The van der Waals surface area contributed by atoms with Crippen molar-refractivity contribution < 1.29 is 4.74 Å². The van der Waals surface area contributed by atoms with Crippen molar-refractivity contribution in [3.05, 3.63) is 79.2 Å². The molecule has 0 radical (unpaired) electrons. The van der Waals surface area contributed by atoms with Crippen LogP contribution in [0.25, 0.3) is 22.3 Å². The van der Waals surface area contributed by atoms with Crippen LogP contribution in [0.2, 0.25) is 4.34 Å². The molecule has 0 bridgehead atoms. The second-order valence-corrected chi connectivity index (χ2v) is 9.50. The van der Waals surface area contributed by atoms with Crippen molar-refractivity contribution in [3.63, 3.8) is 0 Å². The van der Waals surface area contributed by atoms with Gasteiger partial charge < -0.3 is 4.74 Å². The van der Waals surface area contributed by atoms with Gasteiger partial charge in [-0.3, -0.25) is 4.79 Å². The Hall–Kier alpha value is -2.96. The van der Waals surface area contributed by atoms with E-state index in [9.17, 15) is 4.79 Å². The molecule has 0 saturated carbocycles. The first-order chi connectivity index (χ1) is 15.4. The van der Waals surface area contributed by atoms with Crippen LogP contribution in [-0.2, 0) is 0 Å². The van der Waals surface area contributed by atoms with E-state index in [-0.39, 0.29) is 11.5 Å². The largest absolute Gasteiger partial charge is 0.494 e. The van der Waals surface area contributed by atoms with Crippen LogP contribution in [0.3, 0.4) is 0 Å². The number of thiophene rings is 1. The number of hydrogen-bond donors (Lipinski definition) is 0. The zero-order valence-electron chi connectivity index (χ0n) is 18.4. The fourth-order valence-electron chi connectivity index (χ4n) is 3.59. The Labute approximate surface area is 196 Å². The van der Waals surface area contributed by atoms with Crippen LogP contribution in [0.4, 0.5) is 0 Å². The molecule has 4 aromatic rings. The van der Waals surface area contributed by atoms with Gasteiger partial charge >= 0.3 is 0 Å². The summed E-state index contributed by atoms with van der Waals surface area (Å²) in [5.74, 6) is 1.60. The lowest BCUT2D eigenvalue weighted by Gasteiger charge is -2.18. The zero-order valence-corrected chi connectivity index (χ0v) is 20.0. The number of rotatable bonds is 6. The second kappa shape index (κ2) is 9.27. The fraction of sp³-hybridized carbons (Fsp3) is 0.240. The predicted octanol–water partition coefficient (Wildman–Crippen LogP) is 6.49. The Bertz CT molecular complexity index is 1370. The standard InChI is InChI=1S/C25H24ClN3O2S/c1-5-31-22-12-16(4)20(13-19(22)15(2)3)24-28-21-9-7-6-8-18(21)25(30)29(24)27-14-17-10-11-23(26)32-17/h6-15H,5H2,1-4H3. The van der Waals surface area contributed by atoms with Crippen LogP contribution >= 0.6 is 22.9 Å². The van der Waals surface area contributed by atoms with E-state index in [0.717, 1.165) is 27.3 Å². The topological polar surface area (TPSA) is 56.5 Å². The Morgan fingerprint density at radius 2 is 2.00 bits per heavy atom. The molecule has 0 saturated heterocycles. The summed E-state index contributed by atoms with van der Waals surface area (Å²) in [5.41, 5.74) is 3.29. The summed E-state index contributed by atoms with van der Waals surface area (Å²) in [6.45, 7) is 8.80. The molecule has 4 rings (SSSR count). The van der Waals surface area contributed by atoms with Gasteiger partial charge in [0.25, 0.3) is 5.56 Å². The molecule has 32 heavy (non-hydrogen) atoms. The highest BCUT2D eigenvalue weighted by molar-refractivity contribution is 7.17. The first-order valence-corrected chi connectivity index (χ1v) is 11.7. The Morgan fingerprint density at radius 1 is 1.22 bits per heavy atom. The predicted molar refractivity (Wildman–Crippen MR) is 134 cm³/mol. The zero-order chi connectivity index (χ0) is 22.8. The fourth-order valence-corrected chi connectivity index (χ4v) is 4.52. The van der Waals surface area contributed by atoms with Gasteiger partial charge in [-0.25, -0.2) is 4.98 Å². The maximum atomic E-state index is 13.4. The van der Waals surface area contributed by atoms with E-state index >= 15 is 0 Å². The summed E-state index contributed by atoms with van der Waals surface area (Å²) in [6.07, 6.45) is 1.64. The summed E-state index contributed by atoms with van der Waals surface area (Å²) in [7, 11) is 0. The van der Waals surface area contributed by atoms with Crippen LogP contribution in [-0.4, -0.2) is 22.5 Å². The van der Waals surface area contributed by atoms with Crippen molar-refractivity contribution in [3.8, 4) is 17.1 Å². The Balaban J connectivity index is 1.98. The van der Waals surface area contributed by atoms with Crippen molar-refractivity contribution in [2.24, 2.45) is 5.10 Å². The van der Waals surface area contributed by atoms with Gasteiger partial charge in [-0.1, -0.05) is 37.6 Å². The van der Waals surface area contributed by atoms with Crippen LogP contribution in [0.1, 0.15) is 42.7 Å². The summed E-state index contributed by atoms with van der Waals surface area (Å²) in [4.78, 5) is 19.1. The number of nitrogens with zero attached hydrogens (tertiary/aromatic N) is 3. The molecule has 0 atom stereocenters. The third-order valence-electron chi connectivity index (χ3n) is 5.17. The molecular formula is C25H24ClN3O2S. The Morgan fingerprint density at radius 3 is 2.69 bits per heavy atom. The van der Waals surface area contributed by atoms with Gasteiger partial charge in [-0.15, -0.1) is 11.3 Å². The van der Waals surface area contributed by atoms with Crippen molar-refractivity contribution in [2.75, 3.05) is 6.61 Å². The van der Waals surface area contributed by atoms with E-state index < -0.39 is 0 Å². The molecule has 0 amide bonds. The van der Waals surface area contributed by atoms with E-state index in [0.29, 0.717) is 27.7 Å². The molecule has 0 spiro atoms. The average Bonchev–Trinajstić information content (AvgIpc) is 3.18. The van der Waals surface area contributed by atoms with Crippen LogP contribution in [0.15, 0.2) is 58.4 Å². The quantitative estimate of drug-likeness (QED) is 0.306. The lowest BCUT2D eigenvalue weighted by molar-refractivity contribution is 0.335. The van der Waals surface area contributed by atoms with Crippen LogP contribution in [0, 0.1) is 6.92 Å². The third kappa shape index (κ3) is 4.33. The van der Waals surface area contributed by atoms with Crippen molar-refractivity contribution in [1.82, 2.24) is 9.66 Å². The van der Waals surface area contributed by atoms with Gasteiger partial charge in [0.2, 0.25) is 0 Å². The highest BCUT2D eigenvalue weighted by atomic mass is 35.5. The normalized spacial score (nSPS) is 11.7. The molecule has 0 unspecified atom stereocenters. The van der Waals surface area contributed by atoms with E-state index in [1.165, 1.54) is 16.0 Å². The van der Waals surface area contributed by atoms with Crippen LogP contribution < -0.4 is 10.3 Å². The molecule has 5 nitrogen and oxygen atoms in total. The summed E-state index contributed by atoms with van der Waals surface area (Å²) in [6, 6.07) is 15.1. The molecule has 0 aliphatic heterocycles. The van der Waals surface area contributed by atoms with Crippen molar-refractivity contribution in [1.29, 1.82) is 0 Å². The smallest absolute Gasteiger partial charge is 0.282 e. The third-order valence-corrected chi connectivity index (χ3v) is 6.33. The highest BCUT2D eigenvalue weighted by Crippen LogP contribution is 2.34. The molecular weight excluding hydrogens is 442 g/mol. The molecule has 7 heteroatoms. The number of ether oxygens (including phenoxy) is 1. The molecule has 0 aliphatic carbocycles. The molecule has 164 valence electrons. The Kier molecular flexibility index (Phi) is 6.44. The number of aryl methyl sites for hydroxylation is 1. The second-order valence-electron chi connectivity index (χ2n) is 7.75. The van der Waals surface area contributed by atoms with Crippen LogP contribution in [0.5, 0.6) is 5.75 Å². The van der Waals surface area contributed by atoms with E-state index in [2.05, 4.69) is 25.0 Å². The molecule has 2 aromatic heterocycles. The lowest BCUT2D eigenvalue weighted by atomic mass is 9.96. The minimum absolute atomic E-state index is 0.219. The minimum Gasteiger partial charge on any atom is -0.494 e. The van der Waals surface area contributed by atoms with Gasteiger partial charge in [0, 0.05) is 10.4 Å². The average molecular weight is 466 g/mol. The number of halogens is 1. The van der Waals surface area contributed by atoms with Gasteiger partial charge in [-0.2, -0.15) is 9.78 Å². The van der Waals surface area contributed by atoms with Gasteiger partial charge in [-0.05, 0) is 67.3 Å². The molecule has 2 heterocycles. The molecule has 0 N–H and O–H groups in total. The monoisotopic (exact) mass is 465 g/mol. The lowest BCUT2D eigenvalue weighted by Crippen LogP contribution is -2.20. The summed E-state index contributed by atoms with van der Waals surface area (Å²) in [5, 5.41) is 5.05. The first kappa shape index (κ1) is 22.2. The molecule has 0 fully saturated rings. The summed E-state index contributed by atoms with van der Waals surface area (Å²) < 4.78 is 7.92. The number of para-hydroxylation sites is 1. The summed E-state index contributed by atoms with van der Waals surface area (Å²) >= 11 is 7.45. The minimum atomic E-state index is -0.219. The van der Waals surface area contributed by atoms with E-state index in [1.54, 1.807) is 18.3 Å². The van der Waals surface area contributed by atoms with Gasteiger partial charge in [0.15, 0.2) is 5.82 Å². The SMILES string of the molecule is CCOc1cc(C)c(-c2nc3ccccc3c(=O)n2N=Cc2ccc(Cl)s2)cc1C(C)C. The molecule has 0 aliphatic rings. The van der Waals surface area contributed by atoms with E-state index in [1.807, 2.05) is 44.2 Å². The molecule has 2 aromatic carbocycles. The maximum absolute atomic E-state index is 13.4. The number of hydrogen-bond acceptors (Lipinski definition) is 5.